The molecule has 0 fully saturated rings. The first-order valence-electron chi connectivity index (χ1n) is 7.03. The third-order valence-corrected chi connectivity index (χ3v) is 3.62. The van der Waals surface area contributed by atoms with E-state index in [0.717, 1.165) is 16.7 Å². The molecule has 5 nitrogen and oxygen atoms in total. The zero-order valence-electron chi connectivity index (χ0n) is 12.6. The second-order valence-corrected chi connectivity index (χ2v) is 5.65. The van der Waals surface area contributed by atoms with Crippen molar-refractivity contribution in [1.82, 2.24) is 20.4 Å². The van der Waals surface area contributed by atoms with Crippen LogP contribution in [0.5, 0.6) is 0 Å². The summed E-state index contributed by atoms with van der Waals surface area (Å²) in [5.41, 5.74) is 1.60. The fourth-order valence-corrected chi connectivity index (χ4v) is 2.24. The van der Waals surface area contributed by atoms with Crippen LogP contribution in [0.1, 0.15) is 18.2 Å². The van der Waals surface area contributed by atoms with Crippen molar-refractivity contribution in [3.63, 3.8) is 0 Å². The van der Waals surface area contributed by atoms with Crippen molar-refractivity contribution in [2.45, 2.75) is 20.0 Å². The van der Waals surface area contributed by atoms with Crippen LogP contribution < -0.4 is 10.6 Å². The zero-order valence-corrected chi connectivity index (χ0v) is 14.2. The molecule has 0 saturated carbocycles. The van der Waals surface area contributed by atoms with Gasteiger partial charge in [0.05, 0.1) is 18.8 Å². The third kappa shape index (κ3) is 4.56. The Morgan fingerprint density at radius 3 is 2.82 bits per heavy atom. The molecule has 0 radical (unpaired) electrons. The van der Waals surface area contributed by atoms with Crippen molar-refractivity contribution >= 4 is 21.9 Å². The number of aryl methyl sites for hydroxylation is 1. The van der Waals surface area contributed by atoms with Crippen LogP contribution in [0.4, 0.5) is 4.39 Å². The minimum absolute atomic E-state index is 0.263. The summed E-state index contributed by atoms with van der Waals surface area (Å²) >= 11 is 3.25. The second-order valence-electron chi connectivity index (χ2n) is 4.73. The first kappa shape index (κ1) is 16.5. The Hall–Kier alpha value is -1.89. The van der Waals surface area contributed by atoms with Gasteiger partial charge in [0, 0.05) is 29.8 Å². The van der Waals surface area contributed by atoms with Gasteiger partial charge < -0.3 is 10.6 Å². The van der Waals surface area contributed by atoms with E-state index in [4.69, 9.17) is 0 Å². The molecular formula is C15H19BrFN5. The summed E-state index contributed by atoms with van der Waals surface area (Å²) in [6.07, 6.45) is 1.75. The van der Waals surface area contributed by atoms with Crippen molar-refractivity contribution in [1.29, 1.82) is 0 Å². The summed E-state index contributed by atoms with van der Waals surface area (Å²) in [6, 6.07) is 6.92. The van der Waals surface area contributed by atoms with Crippen molar-refractivity contribution in [2.24, 2.45) is 12.0 Å². The topological polar surface area (TPSA) is 54.2 Å². The van der Waals surface area contributed by atoms with Gasteiger partial charge in [-0.2, -0.15) is 5.10 Å². The lowest BCUT2D eigenvalue weighted by Gasteiger charge is -2.11. The molecule has 2 rings (SSSR count). The lowest BCUT2D eigenvalue weighted by atomic mass is 10.2. The summed E-state index contributed by atoms with van der Waals surface area (Å²) < 4.78 is 16.3. The monoisotopic (exact) mass is 367 g/mol. The van der Waals surface area contributed by atoms with E-state index < -0.39 is 0 Å². The zero-order chi connectivity index (χ0) is 15.9. The Labute approximate surface area is 137 Å². The molecule has 0 amide bonds. The Balaban J connectivity index is 2.01. The molecule has 7 heteroatoms. The van der Waals surface area contributed by atoms with Crippen LogP contribution in [0.2, 0.25) is 0 Å². The number of nitrogens with one attached hydrogen (secondary N) is 2. The van der Waals surface area contributed by atoms with Crippen LogP contribution in [-0.2, 0) is 20.1 Å². The number of hydrogen-bond donors (Lipinski definition) is 2. The largest absolute Gasteiger partial charge is 0.357 e. The van der Waals surface area contributed by atoms with E-state index in [1.165, 1.54) is 6.07 Å². The first-order valence-corrected chi connectivity index (χ1v) is 7.82. The van der Waals surface area contributed by atoms with Gasteiger partial charge in [-0.3, -0.25) is 4.68 Å². The average molecular weight is 368 g/mol. The number of benzene rings is 1. The van der Waals surface area contributed by atoms with Crippen LogP contribution in [-0.4, -0.2) is 22.3 Å². The number of guanidine groups is 1. The van der Waals surface area contributed by atoms with Gasteiger partial charge in [0.1, 0.15) is 5.82 Å². The molecule has 22 heavy (non-hydrogen) atoms. The highest BCUT2D eigenvalue weighted by atomic mass is 79.9. The summed E-state index contributed by atoms with van der Waals surface area (Å²) in [4.78, 5) is 4.41. The van der Waals surface area contributed by atoms with E-state index in [-0.39, 0.29) is 12.4 Å². The highest BCUT2D eigenvalue weighted by molar-refractivity contribution is 9.10. The number of aromatic nitrogens is 2. The predicted octanol–water partition coefficient (Wildman–Crippen LogP) is 2.58. The van der Waals surface area contributed by atoms with Crippen LogP contribution >= 0.6 is 15.9 Å². The molecule has 0 spiro atoms. The van der Waals surface area contributed by atoms with Gasteiger partial charge in [0.2, 0.25) is 0 Å². The van der Waals surface area contributed by atoms with Gasteiger partial charge in [0.25, 0.3) is 0 Å². The first-order chi connectivity index (χ1) is 10.6. The average Bonchev–Trinajstić information content (AvgIpc) is 2.89. The van der Waals surface area contributed by atoms with Crippen LogP contribution in [0.3, 0.4) is 0 Å². The molecule has 2 N–H and O–H groups in total. The van der Waals surface area contributed by atoms with Crippen molar-refractivity contribution in [3.8, 4) is 0 Å². The summed E-state index contributed by atoms with van der Waals surface area (Å²) in [5, 5.41) is 10.5. The van der Waals surface area contributed by atoms with Crippen molar-refractivity contribution in [2.75, 3.05) is 6.54 Å². The molecule has 0 unspecified atom stereocenters. The lowest BCUT2D eigenvalue weighted by molar-refractivity contribution is 0.609. The fourth-order valence-electron chi connectivity index (χ4n) is 1.90. The molecule has 0 atom stereocenters. The summed E-state index contributed by atoms with van der Waals surface area (Å²) in [5.74, 6) is 0.381. The van der Waals surface area contributed by atoms with E-state index in [2.05, 4.69) is 36.7 Å². The second kappa shape index (κ2) is 7.93. The molecule has 1 aromatic heterocycles. The third-order valence-electron chi connectivity index (χ3n) is 3.13. The number of rotatable bonds is 5. The smallest absolute Gasteiger partial charge is 0.191 e. The molecule has 2 aromatic rings. The molecule has 0 aliphatic heterocycles. The molecule has 118 valence electrons. The van der Waals surface area contributed by atoms with Gasteiger partial charge in [-0.05, 0) is 25.1 Å². The van der Waals surface area contributed by atoms with Crippen LogP contribution in [0, 0.1) is 5.82 Å². The molecule has 1 heterocycles. The van der Waals surface area contributed by atoms with Crippen LogP contribution in [0.25, 0.3) is 0 Å². The SMILES string of the molecule is CCNC(=NCc1ccc(Br)cc1F)NCc1ccnn1C. The molecule has 0 aliphatic rings. The van der Waals surface area contributed by atoms with E-state index in [0.29, 0.717) is 18.1 Å². The quantitative estimate of drug-likeness (QED) is 0.630. The Morgan fingerprint density at radius 1 is 1.36 bits per heavy atom. The van der Waals surface area contributed by atoms with Crippen LogP contribution in [0.15, 0.2) is 39.9 Å². The summed E-state index contributed by atoms with van der Waals surface area (Å²) in [6.45, 7) is 3.60. The highest BCUT2D eigenvalue weighted by Gasteiger charge is 2.04. The minimum atomic E-state index is -0.263. The van der Waals surface area contributed by atoms with Crippen molar-refractivity contribution < 1.29 is 4.39 Å². The standard InChI is InChI=1S/C15H19BrFN5/c1-3-18-15(20-10-13-6-7-21-22(13)2)19-9-11-4-5-12(16)8-14(11)17/h4-8H,3,9-10H2,1-2H3,(H2,18,19,20). The molecule has 0 bridgehead atoms. The van der Waals surface area contributed by atoms with Gasteiger partial charge in [-0.25, -0.2) is 9.38 Å². The summed E-state index contributed by atoms with van der Waals surface area (Å²) in [7, 11) is 1.89. The van der Waals surface area contributed by atoms with Gasteiger partial charge in [-0.1, -0.05) is 22.0 Å². The van der Waals surface area contributed by atoms with Gasteiger partial charge in [0.15, 0.2) is 5.96 Å². The predicted molar refractivity (Wildman–Crippen MR) is 89.0 cm³/mol. The Bertz CT molecular complexity index is 653. The highest BCUT2D eigenvalue weighted by Crippen LogP contribution is 2.15. The normalized spacial score (nSPS) is 11.5. The Kier molecular flexibility index (Phi) is 5.94. The Morgan fingerprint density at radius 2 is 2.18 bits per heavy atom. The lowest BCUT2D eigenvalue weighted by Crippen LogP contribution is -2.37. The minimum Gasteiger partial charge on any atom is -0.357 e. The maximum atomic E-state index is 13.8. The molecule has 1 aromatic carbocycles. The number of halogens is 2. The molecule has 0 aliphatic carbocycles. The maximum Gasteiger partial charge on any atom is 0.191 e. The van der Waals surface area contributed by atoms with Gasteiger partial charge >= 0.3 is 0 Å². The van der Waals surface area contributed by atoms with Crippen molar-refractivity contribution in [3.05, 3.63) is 52.0 Å². The number of hydrogen-bond acceptors (Lipinski definition) is 2. The number of nitrogens with zero attached hydrogens (tertiary/aromatic N) is 3. The molecular weight excluding hydrogens is 349 g/mol. The molecule has 0 saturated heterocycles. The van der Waals surface area contributed by atoms with Gasteiger partial charge in [-0.15, -0.1) is 0 Å². The van der Waals surface area contributed by atoms with E-state index in [9.17, 15) is 4.39 Å². The van der Waals surface area contributed by atoms with E-state index in [1.54, 1.807) is 16.9 Å². The van der Waals surface area contributed by atoms with E-state index >= 15 is 0 Å². The van der Waals surface area contributed by atoms with E-state index in [1.807, 2.05) is 26.1 Å². The maximum absolute atomic E-state index is 13.8. The number of aliphatic imine (C=N–C) groups is 1. The fraction of sp³-hybridized carbons (Fsp3) is 0.333.